The van der Waals surface area contributed by atoms with Gasteiger partial charge < -0.3 is 9.73 Å². The predicted molar refractivity (Wildman–Crippen MR) is 53.9 cm³/mol. The zero-order valence-electron chi connectivity index (χ0n) is 7.85. The highest BCUT2D eigenvalue weighted by Gasteiger charge is 2.30. The van der Waals surface area contributed by atoms with E-state index in [0.717, 1.165) is 0 Å². The van der Waals surface area contributed by atoms with E-state index < -0.39 is 5.54 Å². The lowest BCUT2D eigenvalue weighted by atomic mass is 9.98. The van der Waals surface area contributed by atoms with E-state index in [0.29, 0.717) is 10.2 Å². The maximum atomic E-state index is 11.8. The molecule has 0 aliphatic carbocycles. The van der Waals surface area contributed by atoms with Crippen LogP contribution in [0.1, 0.15) is 24.4 Å². The molecule has 0 fully saturated rings. The molecule has 0 atom stereocenters. The topological polar surface area (TPSA) is 42.2 Å². The van der Waals surface area contributed by atoms with Crippen LogP contribution in [0, 0.1) is 0 Å². The average molecular weight is 246 g/mol. The lowest BCUT2D eigenvalue weighted by molar-refractivity contribution is 0.0859. The van der Waals surface area contributed by atoms with Crippen molar-refractivity contribution in [3.63, 3.8) is 0 Å². The standard InChI is InChI=1S/C9H12BrNO2/c1-9(2,11-3)8(12)7-6(10)4-5-13-7/h4-5,11H,1-3H3. The molecule has 1 aromatic heterocycles. The van der Waals surface area contributed by atoms with Crippen LogP contribution in [0.4, 0.5) is 0 Å². The van der Waals surface area contributed by atoms with Crippen molar-refractivity contribution in [2.24, 2.45) is 0 Å². The molecule has 0 unspecified atom stereocenters. The smallest absolute Gasteiger partial charge is 0.218 e. The van der Waals surface area contributed by atoms with Gasteiger partial charge in [-0.3, -0.25) is 4.79 Å². The van der Waals surface area contributed by atoms with Crippen molar-refractivity contribution in [3.05, 3.63) is 22.6 Å². The Bertz CT molecular complexity index is 317. The lowest BCUT2D eigenvalue weighted by Gasteiger charge is -2.20. The molecule has 0 aliphatic heterocycles. The Labute approximate surface area is 85.6 Å². The minimum Gasteiger partial charge on any atom is -0.460 e. The molecule has 0 amide bonds. The van der Waals surface area contributed by atoms with Crippen molar-refractivity contribution in [3.8, 4) is 0 Å². The van der Waals surface area contributed by atoms with E-state index in [1.807, 2.05) is 13.8 Å². The summed E-state index contributed by atoms with van der Waals surface area (Å²) in [5.41, 5.74) is -0.597. The molecule has 1 aromatic rings. The van der Waals surface area contributed by atoms with Crippen LogP contribution in [-0.4, -0.2) is 18.4 Å². The second-order valence-electron chi connectivity index (χ2n) is 3.30. The first kappa shape index (κ1) is 10.5. The van der Waals surface area contributed by atoms with E-state index >= 15 is 0 Å². The van der Waals surface area contributed by atoms with Gasteiger partial charge in [-0.1, -0.05) is 0 Å². The number of halogens is 1. The minimum absolute atomic E-state index is 0.0631. The van der Waals surface area contributed by atoms with Gasteiger partial charge in [0.15, 0.2) is 5.76 Å². The molecule has 1 rings (SSSR count). The highest BCUT2D eigenvalue weighted by Crippen LogP contribution is 2.22. The Morgan fingerprint density at radius 3 is 2.62 bits per heavy atom. The summed E-state index contributed by atoms with van der Waals surface area (Å²) in [6, 6.07) is 1.71. The third-order valence-electron chi connectivity index (χ3n) is 2.02. The number of likely N-dealkylation sites (N-methyl/N-ethyl adjacent to an activating group) is 1. The Hall–Kier alpha value is -0.610. The number of rotatable bonds is 3. The molecule has 4 heteroatoms. The molecule has 0 saturated heterocycles. The van der Waals surface area contributed by atoms with Crippen LogP contribution < -0.4 is 5.32 Å². The number of Topliss-reactive ketones (excluding diaryl/α,β-unsaturated/α-hetero) is 1. The second-order valence-corrected chi connectivity index (χ2v) is 4.16. The summed E-state index contributed by atoms with van der Waals surface area (Å²) < 4.78 is 5.77. The van der Waals surface area contributed by atoms with Crippen LogP contribution in [-0.2, 0) is 0 Å². The average Bonchev–Trinajstić information content (AvgIpc) is 2.50. The van der Waals surface area contributed by atoms with Gasteiger partial charge in [0.2, 0.25) is 5.78 Å². The number of carbonyl (C=O) groups excluding carboxylic acids is 1. The van der Waals surface area contributed by atoms with Crippen molar-refractivity contribution in [1.29, 1.82) is 0 Å². The normalized spacial score (nSPS) is 11.7. The number of hydrogen-bond donors (Lipinski definition) is 1. The molecule has 3 nitrogen and oxygen atoms in total. The number of nitrogens with one attached hydrogen (secondary N) is 1. The van der Waals surface area contributed by atoms with Gasteiger partial charge in [0.05, 0.1) is 16.3 Å². The largest absolute Gasteiger partial charge is 0.460 e. The van der Waals surface area contributed by atoms with Crippen molar-refractivity contribution in [2.75, 3.05) is 7.05 Å². The predicted octanol–water partition coefficient (Wildman–Crippen LogP) is 2.22. The fraction of sp³-hybridized carbons (Fsp3) is 0.444. The molecule has 13 heavy (non-hydrogen) atoms. The maximum absolute atomic E-state index is 11.8. The van der Waals surface area contributed by atoms with E-state index in [4.69, 9.17) is 4.42 Å². The molecular formula is C9H12BrNO2. The minimum atomic E-state index is -0.597. The summed E-state index contributed by atoms with van der Waals surface area (Å²) in [6.07, 6.45) is 1.49. The number of carbonyl (C=O) groups is 1. The molecule has 0 radical (unpaired) electrons. The van der Waals surface area contributed by atoms with Crippen LogP contribution >= 0.6 is 15.9 Å². The lowest BCUT2D eigenvalue weighted by Crippen LogP contribution is -2.44. The highest BCUT2D eigenvalue weighted by atomic mass is 79.9. The van der Waals surface area contributed by atoms with Gasteiger partial charge in [0.1, 0.15) is 0 Å². The van der Waals surface area contributed by atoms with Gasteiger partial charge in [-0.15, -0.1) is 0 Å². The van der Waals surface area contributed by atoms with Crippen LogP contribution in [0.2, 0.25) is 0 Å². The van der Waals surface area contributed by atoms with E-state index in [1.54, 1.807) is 13.1 Å². The first-order valence-corrected chi connectivity index (χ1v) is 4.75. The van der Waals surface area contributed by atoms with E-state index in [9.17, 15) is 4.79 Å². The summed E-state index contributed by atoms with van der Waals surface area (Å²) >= 11 is 3.25. The molecular weight excluding hydrogens is 234 g/mol. The van der Waals surface area contributed by atoms with Gasteiger partial charge >= 0.3 is 0 Å². The quantitative estimate of drug-likeness (QED) is 0.831. The Balaban J connectivity index is 2.98. The number of ketones is 1. The van der Waals surface area contributed by atoms with Crippen LogP contribution in [0.5, 0.6) is 0 Å². The Morgan fingerprint density at radius 2 is 2.23 bits per heavy atom. The van der Waals surface area contributed by atoms with Crippen LogP contribution in [0.25, 0.3) is 0 Å². The summed E-state index contributed by atoms with van der Waals surface area (Å²) in [5, 5.41) is 2.93. The van der Waals surface area contributed by atoms with Gasteiger partial charge in [0.25, 0.3) is 0 Å². The summed E-state index contributed by atoms with van der Waals surface area (Å²) in [5.74, 6) is 0.297. The molecule has 72 valence electrons. The summed E-state index contributed by atoms with van der Waals surface area (Å²) in [7, 11) is 1.74. The number of furan rings is 1. The molecule has 0 bridgehead atoms. The molecule has 0 aliphatic rings. The van der Waals surface area contributed by atoms with Crippen molar-refractivity contribution in [1.82, 2.24) is 5.32 Å². The zero-order chi connectivity index (χ0) is 10.1. The van der Waals surface area contributed by atoms with Gasteiger partial charge in [-0.2, -0.15) is 0 Å². The Kier molecular flexibility index (Phi) is 2.93. The van der Waals surface area contributed by atoms with Gasteiger partial charge in [-0.05, 0) is 42.9 Å². The Morgan fingerprint density at radius 1 is 1.62 bits per heavy atom. The molecule has 0 spiro atoms. The fourth-order valence-corrected chi connectivity index (χ4v) is 1.23. The van der Waals surface area contributed by atoms with Crippen molar-refractivity contribution in [2.45, 2.75) is 19.4 Å². The SMILES string of the molecule is CNC(C)(C)C(=O)c1occc1Br. The fourth-order valence-electron chi connectivity index (χ4n) is 0.853. The molecule has 0 aromatic carbocycles. The van der Waals surface area contributed by atoms with E-state index in [-0.39, 0.29) is 5.78 Å². The summed E-state index contributed by atoms with van der Waals surface area (Å²) in [4.78, 5) is 11.8. The van der Waals surface area contributed by atoms with Gasteiger partial charge in [-0.25, -0.2) is 0 Å². The third kappa shape index (κ3) is 2.00. The van der Waals surface area contributed by atoms with Gasteiger partial charge in [0, 0.05) is 0 Å². The van der Waals surface area contributed by atoms with Crippen molar-refractivity contribution >= 4 is 21.7 Å². The van der Waals surface area contributed by atoms with E-state index in [2.05, 4.69) is 21.2 Å². The van der Waals surface area contributed by atoms with Crippen molar-refractivity contribution < 1.29 is 9.21 Å². The van der Waals surface area contributed by atoms with Crippen LogP contribution in [0.15, 0.2) is 21.2 Å². The number of hydrogen-bond acceptors (Lipinski definition) is 3. The third-order valence-corrected chi connectivity index (χ3v) is 2.64. The zero-order valence-corrected chi connectivity index (χ0v) is 9.44. The van der Waals surface area contributed by atoms with Crippen LogP contribution in [0.3, 0.4) is 0 Å². The highest BCUT2D eigenvalue weighted by molar-refractivity contribution is 9.10. The maximum Gasteiger partial charge on any atom is 0.218 e. The summed E-state index contributed by atoms with van der Waals surface area (Å²) in [6.45, 7) is 3.62. The monoisotopic (exact) mass is 245 g/mol. The first-order chi connectivity index (χ1) is 5.99. The second kappa shape index (κ2) is 3.64. The first-order valence-electron chi connectivity index (χ1n) is 3.95. The molecule has 1 N–H and O–H groups in total. The molecule has 1 heterocycles. The van der Waals surface area contributed by atoms with E-state index in [1.165, 1.54) is 6.26 Å². The molecule has 0 saturated carbocycles.